The number of benzene rings is 1. The van der Waals surface area contributed by atoms with E-state index in [1.54, 1.807) is 0 Å². The summed E-state index contributed by atoms with van der Waals surface area (Å²) in [7, 11) is 2.81. The molecule has 0 saturated carbocycles. The number of methoxy groups -OCH3 is 2. The third-order valence-electron chi connectivity index (χ3n) is 2.40. The van der Waals surface area contributed by atoms with Gasteiger partial charge in [-0.25, -0.2) is 4.79 Å². The highest BCUT2D eigenvalue weighted by Gasteiger charge is 2.30. The summed E-state index contributed by atoms with van der Waals surface area (Å²) in [6.07, 6.45) is -5.08. The molecular formula is C12H15F3N2O3. The maximum atomic E-state index is 12.5. The van der Waals surface area contributed by atoms with Crippen molar-refractivity contribution in [3.63, 3.8) is 0 Å². The molecule has 0 radical (unpaired) electrons. The average Bonchev–Trinajstić information content (AvgIpc) is 2.39. The van der Waals surface area contributed by atoms with E-state index in [0.29, 0.717) is 0 Å². The normalized spacial score (nSPS) is 11.5. The first-order valence-electron chi connectivity index (χ1n) is 5.64. The molecule has 0 heterocycles. The Balaban J connectivity index is 2.58. The van der Waals surface area contributed by atoms with Gasteiger partial charge >= 0.3 is 12.2 Å². The fourth-order valence-electron chi connectivity index (χ4n) is 1.39. The first-order valence-corrected chi connectivity index (χ1v) is 5.64. The van der Waals surface area contributed by atoms with Gasteiger partial charge in [0.05, 0.1) is 12.1 Å². The van der Waals surface area contributed by atoms with Gasteiger partial charge in [-0.05, 0) is 18.2 Å². The van der Waals surface area contributed by atoms with E-state index in [1.807, 2.05) is 0 Å². The lowest BCUT2D eigenvalue weighted by molar-refractivity contribution is -0.137. The van der Waals surface area contributed by atoms with Crippen LogP contribution in [0.2, 0.25) is 0 Å². The molecule has 0 saturated heterocycles. The summed E-state index contributed by atoms with van der Waals surface area (Å²) in [5, 5.41) is 4.71. The zero-order valence-corrected chi connectivity index (χ0v) is 11.0. The minimum atomic E-state index is -4.45. The van der Waals surface area contributed by atoms with E-state index in [1.165, 1.54) is 26.4 Å². The Hall–Kier alpha value is -1.80. The van der Waals surface area contributed by atoms with E-state index in [4.69, 9.17) is 9.47 Å². The van der Waals surface area contributed by atoms with E-state index in [2.05, 4.69) is 10.6 Å². The van der Waals surface area contributed by atoms with Gasteiger partial charge in [0.2, 0.25) is 0 Å². The van der Waals surface area contributed by atoms with Crippen molar-refractivity contribution in [2.75, 3.05) is 26.1 Å². The standard InChI is InChI=1S/C12H15F3N2O3/c1-19-10(20-2)7-16-11(18)17-9-5-3-4-8(6-9)12(13,14)15/h3-6,10H,7H2,1-2H3,(H2,16,17,18). The van der Waals surface area contributed by atoms with Crippen LogP contribution in [0, 0.1) is 0 Å². The lowest BCUT2D eigenvalue weighted by Crippen LogP contribution is -2.36. The van der Waals surface area contributed by atoms with E-state index in [0.717, 1.165) is 12.1 Å². The second kappa shape index (κ2) is 7.11. The molecule has 8 heteroatoms. The van der Waals surface area contributed by atoms with E-state index in [-0.39, 0.29) is 12.2 Å². The Kier molecular flexibility index (Phi) is 5.78. The molecule has 1 rings (SSSR count). The molecule has 2 amide bonds. The van der Waals surface area contributed by atoms with Gasteiger partial charge in [0.25, 0.3) is 0 Å². The van der Waals surface area contributed by atoms with Crippen LogP contribution in [0.3, 0.4) is 0 Å². The van der Waals surface area contributed by atoms with E-state index in [9.17, 15) is 18.0 Å². The summed E-state index contributed by atoms with van der Waals surface area (Å²) >= 11 is 0. The number of anilines is 1. The molecule has 0 aliphatic carbocycles. The summed E-state index contributed by atoms with van der Waals surface area (Å²) < 4.78 is 47.2. The molecule has 0 bridgehead atoms. The number of amides is 2. The first kappa shape index (κ1) is 16.3. The molecule has 1 aromatic rings. The van der Waals surface area contributed by atoms with Crippen LogP contribution in [0.4, 0.5) is 23.7 Å². The lowest BCUT2D eigenvalue weighted by Gasteiger charge is -2.15. The Morgan fingerprint density at radius 2 is 1.95 bits per heavy atom. The van der Waals surface area contributed by atoms with Crippen LogP contribution in [0.1, 0.15) is 5.56 Å². The summed E-state index contributed by atoms with van der Waals surface area (Å²) in [6, 6.07) is 3.70. The molecule has 5 nitrogen and oxygen atoms in total. The number of hydrogen-bond donors (Lipinski definition) is 2. The fourth-order valence-corrected chi connectivity index (χ4v) is 1.39. The summed E-state index contributed by atoms with van der Waals surface area (Å²) in [5.41, 5.74) is -0.786. The first-order chi connectivity index (χ1) is 9.36. The highest BCUT2D eigenvalue weighted by molar-refractivity contribution is 5.89. The van der Waals surface area contributed by atoms with Crippen molar-refractivity contribution in [3.05, 3.63) is 29.8 Å². The number of carbonyl (C=O) groups is 1. The Labute approximate surface area is 114 Å². The predicted octanol–water partition coefficient (Wildman–Crippen LogP) is 2.45. The highest BCUT2D eigenvalue weighted by Crippen LogP contribution is 2.30. The van der Waals surface area contributed by atoms with E-state index >= 15 is 0 Å². The molecule has 1 aromatic carbocycles. The molecule has 0 aromatic heterocycles. The van der Waals surface area contributed by atoms with Crippen LogP contribution in [-0.2, 0) is 15.7 Å². The number of hydrogen-bond acceptors (Lipinski definition) is 3. The second-order valence-corrected chi connectivity index (χ2v) is 3.81. The zero-order valence-electron chi connectivity index (χ0n) is 11.0. The number of ether oxygens (including phenoxy) is 2. The third kappa shape index (κ3) is 5.06. The Morgan fingerprint density at radius 1 is 1.30 bits per heavy atom. The minimum Gasteiger partial charge on any atom is -0.354 e. The third-order valence-corrected chi connectivity index (χ3v) is 2.40. The number of nitrogens with one attached hydrogen (secondary N) is 2. The molecule has 0 atom stereocenters. The molecule has 2 N–H and O–H groups in total. The average molecular weight is 292 g/mol. The van der Waals surface area contributed by atoms with Crippen molar-refractivity contribution in [2.45, 2.75) is 12.5 Å². The lowest BCUT2D eigenvalue weighted by atomic mass is 10.2. The van der Waals surface area contributed by atoms with Gasteiger partial charge < -0.3 is 20.1 Å². The van der Waals surface area contributed by atoms with Gasteiger partial charge in [-0.15, -0.1) is 0 Å². The Bertz CT molecular complexity index is 448. The van der Waals surface area contributed by atoms with Gasteiger partial charge in [0, 0.05) is 19.9 Å². The van der Waals surface area contributed by atoms with Gasteiger partial charge in [0.1, 0.15) is 0 Å². The Morgan fingerprint density at radius 3 is 2.50 bits per heavy atom. The van der Waals surface area contributed by atoms with Crippen molar-refractivity contribution in [1.29, 1.82) is 0 Å². The summed E-state index contributed by atoms with van der Waals surface area (Å²) in [6.45, 7) is 0.0673. The van der Waals surface area contributed by atoms with Gasteiger partial charge in [-0.1, -0.05) is 6.07 Å². The SMILES string of the molecule is COC(CNC(=O)Nc1cccc(C(F)(F)F)c1)OC. The molecule has 0 aliphatic rings. The number of halogens is 3. The second-order valence-electron chi connectivity index (χ2n) is 3.81. The van der Waals surface area contributed by atoms with Crippen LogP contribution in [0.15, 0.2) is 24.3 Å². The molecule has 0 unspecified atom stereocenters. The van der Waals surface area contributed by atoms with Crippen molar-refractivity contribution in [3.8, 4) is 0 Å². The smallest absolute Gasteiger partial charge is 0.354 e. The van der Waals surface area contributed by atoms with Crippen molar-refractivity contribution in [2.24, 2.45) is 0 Å². The van der Waals surface area contributed by atoms with Gasteiger partial charge in [-0.2, -0.15) is 13.2 Å². The number of rotatable bonds is 5. The van der Waals surface area contributed by atoms with Crippen molar-refractivity contribution < 1.29 is 27.4 Å². The van der Waals surface area contributed by atoms with Crippen LogP contribution in [-0.4, -0.2) is 33.1 Å². The maximum absolute atomic E-state index is 12.5. The highest BCUT2D eigenvalue weighted by atomic mass is 19.4. The molecule has 0 aliphatic heterocycles. The summed E-state index contributed by atoms with van der Waals surface area (Å²) in [5.74, 6) is 0. The minimum absolute atomic E-state index is 0.0451. The number of urea groups is 1. The monoisotopic (exact) mass is 292 g/mol. The molecule has 20 heavy (non-hydrogen) atoms. The fraction of sp³-hybridized carbons (Fsp3) is 0.417. The topological polar surface area (TPSA) is 59.6 Å². The van der Waals surface area contributed by atoms with Gasteiger partial charge in [-0.3, -0.25) is 0 Å². The largest absolute Gasteiger partial charge is 0.416 e. The van der Waals surface area contributed by atoms with Gasteiger partial charge in [0.15, 0.2) is 6.29 Å². The quantitative estimate of drug-likeness (QED) is 0.820. The summed E-state index contributed by atoms with van der Waals surface area (Å²) in [4.78, 5) is 11.5. The number of alkyl halides is 3. The molecular weight excluding hydrogens is 277 g/mol. The van der Waals surface area contributed by atoms with Crippen molar-refractivity contribution in [1.82, 2.24) is 5.32 Å². The maximum Gasteiger partial charge on any atom is 0.416 e. The van der Waals surface area contributed by atoms with E-state index < -0.39 is 24.1 Å². The molecule has 0 spiro atoms. The van der Waals surface area contributed by atoms with Crippen LogP contribution in [0.5, 0.6) is 0 Å². The molecule has 112 valence electrons. The zero-order chi connectivity index (χ0) is 15.2. The van der Waals surface area contributed by atoms with Crippen LogP contribution in [0.25, 0.3) is 0 Å². The van der Waals surface area contributed by atoms with Crippen LogP contribution < -0.4 is 10.6 Å². The molecule has 0 fully saturated rings. The van der Waals surface area contributed by atoms with Crippen LogP contribution >= 0.6 is 0 Å². The number of carbonyl (C=O) groups excluding carboxylic acids is 1. The predicted molar refractivity (Wildman–Crippen MR) is 66.3 cm³/mol. The van der Waals surface area contributed by atoms with Crippen molar-refractivity contribution >= 4 is 11.7 Å².